The van der Waals surface area contributed by atoms with E-state index in [0.29, 0.717) is 24.5 Å². The summed E-state index contributed by atoms with van der Waals surface area (Å²) in [5.74, 6) is 3.57. The van der Waals surface area contributed by atoms with Crippen LogP contribution < -0.4 is 5.32 Å². The number of carbonyl (C=O) groups excluding carboxylic acids is 1. The van der Waals surface area contributed by atoms with Crippen LogP contribution >= 0.6 is 11.6 Å². The van der Waals surface area contributed by atoms with E-state index in [0.717, 1.165) is 37.1 Å². The zero-order chi connectivity index (χ0) is 14.7. The van der Waals surface area contributed by atoms with Gasteiger partial charge in [-0.3, -0.25) is 4.79 Å². The molecule has 3 nitrogen and oxygen atoms in total. The third-order valence-corrected chi connectivity index (χ3v) is 5.86. The second-order valence-corrected chi connectivity index (χ2v) is 7.98. The fourth-order valence-corrected chi connectivity index (χ4v) is 5.58. The van der Waals surface area contributed by atoms with Gasteiger partial charge in [-0.2, -0.15) is 0 Å². The average Bonchev–Trinajstić information content (AvgIpc) is 2.40. The molecule has 0 radical (unpaired) electrons. The molecule has 0 aliphatic heterocycles. The molecular weight excluding hydrogens is 286 g/mol. The lowest BCUT2D eigenvalue weighted by Crippen LogP contribution is -2.48. The van der Waals surface area contributed by atoms with Gasteiger partial charge >= 0.3 is 0 Å². The molecule has 4 fully saturated rings. The van der Waals surface area contributed by atoms with E-state index in [4.69, 9.17) is 16.3 Å². The molecule has 0 aromatic carbocycles. The lowest BCUT2D eigenvalue weighted by atomic mass is 9.49. The number of halogens is 1. The molecule has 4 heteroatoms. The highest BCUT2D eigenvalue weighted by Crippen LogP contribution is 2.61. The molecule has 4 aliphatic carbocycles. The molecule has 21 heavy (non-hydrogen) atoms. The third kappa shape index (κ3) is 3.92. The zero-order valence-electron chi connectivity index (χ0n) is 12.9. The molecule has 4 bridgehead atoms. The summed E-state index contributed by atoms with van der Waals surface area (Å²) in [7, 11) is 0. The highest BCUT2D eigenvalue weighted by Gasteiger charge is 2.51. The number of ether oxygens (including phenoxy) is 1. The first-order chi connectivity index (χ1) is 10.2. The SMILES string of the molecule is O=C(CC12CC3CC(CC(C3)C1)C2)NCCCOCCCl. The monoisotopic (exact) mass is 313 g/mol. The first-order valence-electron chi connectivity index (χ1n) is 8.59. The Morgan fingerprint density at radius 1 is 1.10 bits per heavy atom. The first kappa shape index (κ1) is 15.6. The summed E-state index contributed by atoms with van der Waals surface area (Å²) in [6, 6.07) is 0. The van der Waals surface area contributed by atoms with E-state index in [1.165, 1.54) is 38.5 Å². The number of nitrogens with one attached hydrogen (secondary N) is 1. The van der Waals surface area contributed by atoms with E-state index >= 15 is 0 Å². The van der Waals surface area contributed by atoms with Crippen molar-refractivity contribution < 1.29 is 9.53 Å². The molecule has 120 valence electrons. The Bertz CT molecular complexity index is 337. The topological polar surface area (TPSA) is 38.3 Å². The predicted octanol–water partition coefficient (Wildman–Crippen LogP) is 3.35. The van der Waals surface area contributed by atoms with Crippen LogP contribution in [-0.2, 0) is 9.53 Å². The average molecular weight is 314 g/mol. The lowest BCUT2D eigenvalue weighted by molar-refractivity contribution is -0.129. The maximum atomic E-state index is 12.2. The largest absolute Gasteiger partial charge is 0.380 e. The summed E-state index contributed by atoms with van der Waals surface area (Å²) in [4.78, 5) is 12.2. The summed E-state index contributed by atoms with van der Waals surface area (Å²) in [6.07, 6.45) is 9.90. The van der Waals surface area contributed by atoms with Crippen molar-refractivity contribution in [3.8, 4) is 0 Å². The van der Waals surface area contributed by atoms with Crippen molar-refractivity contribution in [2.45, 2.75) is 51.4 Å². The number of hydrogen-bond donors (Lipinski definition) is 1. The lowest BCUT2D eigenvalue weighted by Gasteiger charge is -2.56. The maximum absolute atomic E-state index is 12.2. The Morgan fingerprint density at radius 2 is 1.71 bits per heavy atom. The van der Waals surface area contributed by atoms with Crippen molar-refractivity contribution >= 4 is 17.5 Å². The quantitative estimate of drug-likeness (QED) is 0.551. The van der Waals surface area contributed by atoms with Crippen LogP contribution in [-0.4, -0.2) is 31.5 Å². The van der Waals surface area contributed by atoms with Crippen molar-refractivity contribution in [2.75, 3.05) is 25.6 Å². The number of carbonyl (C=O) groups is 1. The Labute approximate surface area is 133 Å². The minimum absolute atomic E-state index is 0.259. The van der Waals surface area contributed by atoms with Crippen molar-refractivity contribution in [1.82, 2.24) is 5.32 Å². The second-order valence-electron chi connectivity index (χ2n) is 7.60. The summed E-state index contributed by atoms with van der Waals surface area (Å²) < 4.78 is 5.32. The summed E-state index contributed by atoms with van der Waals surface area (Å²) in [5.41, 5.74) is 0.355. The van der Waals surface area contributed by atoms with Gasteiger partial charge in [0, 0.05) is 25.5 Å². The molecule has 0 spiro atoms. The van der Waals surface area contributed by atoms with E-state index in [1.54, 1.807) is 0 Å². The summed E-state index contributed by atoms with van der Waals surface area (Å²) >= 11 is 5.54. The third-order valence-electron chi connectivity index (χ3n) is 5.71. The van der Waals surface area contributed by atoms with Gasteiger partial charge in [0.05, 0.1) is 6.61 Å². The van der Waals surface area contributed by atoms with Gasteiger partial charge in [-0.1, -0.05) is 0 Å². The van der Waals surface area contributed by atoms with E-state index in [-0.39, 0.29) is 5.91 Å². The van der Waals surface area contributed by atoms with Crippen molar-refractivity contribution in [3.05, 3.63) is 0 Å². The molecule has 0 heterocycles. The van der Waals surface area contributed by atoms with E-state index in [1.807, 2.05) is 0 Å². The van der Waals surface area contributed by atoms with Crippen LogP contribution in [0, 0.1) is 23.2 Å². The van der Waals surface area contributed by atoms with Crippen molar-refractivity contribution in [3.63, 3.8) is 0 Å². The molecule has 4 rings (SSSR count). The van der Waals surface area contributed by atoms with Gasteiger partial charge in [0.2, 0.25) is 5.91 Å². The minimum Gasteiger partial charge on any atom is -0.380 e. The van der Waals surface area contributed by atoms with E-state index < -0.39 is 0 Å². The van der Waals surface area contributed by atoms with E-state index in [2.05, 4.69) is 5.32 Å². The van der Waals surface area contributed by atoms with Crippen molar-refractivity contribution in [1.29, 1.82) is 0 Å². The summed E-state index contributed by atoms with van der Waals surface area (Å²) in [5, 5.41) is 3.08. The summed E-state index contributed by atoms with van der Waals surface area (Å²) in [6.45, 7) is 2.01. The fourth-order valence-electron chi connectivity index (χ4n) is 5.47. The molecule has 1 N–H and O–H groups in total. The Morgan fingerprint density at radius 3 is 2.29 bits per heavy atom. The molecule has 0 atom stereocenters. The molecule has 4 aliphatic rings. The van der Waals surface area contributed by atoms with Crippen molar-refractivity contribution in [2.24, 2.45) is 23.2 Å². The van der Waals surface area contributed by atoms with Crippen LogP contribution in [0.4, 0.5) is 0 Å². The molecular formula is C17H28ClNO2. The number of hydrogen-bond acceptors (Lipinski definition) is 2. The fraction of sp³-hybridized carbons (Fsp3) is 0.941. The van der Waals surface area contributed by atoms with Gasteiger partial charge < -0.3 is 10.1 Å². The minimum atomic E-state index is 0.259. The van der Waals surface area contributed by atoms with Gasteiger partial charge in [-0.15, -0.1) is 11.6 Å². The van der Waals surface area contributed by atoms with Crippen LogP contribution in [0.1, 0.15) is 51.4 Å². The molecule has 0 saturated heterocycles. The predicted molar refractivity (Wildman–Crippen MR) is 84.4 cm³/mol. The smallest absolute Gasteiger partial charge is 0.220 e. The number of rotatable bonds is 8. The highest BCUT2D eigenvalue weighted by molar-refractivity contribution is 6.17. The standard InChI is InChI=1S/C17H28ClNO2/c18-2-5-21-4-1-3-19-16(20)12-17-9-13-6-14(10-17)8-15(7-13)11-17/h13-15H,1-12H2,(H,19,20). The second kappa shape index (κ2) is 6.87. The molecule has 0 aromatic rings. The molecule has 0 unspecified atom stereocenters. The zero-order valence-corrected chi connectivity index (χ0v) is 13.7. The van der Waals surface area contributed by atoms with Gasteiger partial charge in [-0.05, 0) is 68.1 Å². The highest BCUT2D eigenvalue weighted by atomic mass is 35.5. The Balaban J connectivity index is 1.39. The van der Waals surface area contributed by atoms with Gasteiger partial charge in [0.1, 0.15) is 0 Å². The van der Waals surface area contributed by atoms with Crippen LogP contribution in [0.15, 0.2) is 0 Å². The Hall–Kier alpha value is -0.280. The normalized spacial score (nSPS) is 36.9. The maximum Gasteiger partial charge on any atom is 0.220 e. The van der Waals surface area contributed by atoms with Crippen LogP contribution in [0.2, 0.25) is 0 Å². The van der Waals surface area contributed by atoms with Crippen LogP contribution in [0.25, 0.3) is 0 Å². The molecule has 0 aromatic heterocycles. The van der Waals surface area contributed by atoms with E-state index in [9.17, 15) is 4.79 Å². The van der Waals surface area contributed by atoms with Gasteiger partial charge in [0.25, 0.3) is 0 Å². The van der Waals surface area contributed by atoms with Gasteiger partial charge in [-0.25, -0.2) is 0 Å². The number of alkyl halides is 1. The Kier molecular flexibility index (Phi) is 5.11. The molecule has 1 amide bonds. The first-order valence-corrected chi connectivity index (χ1v) is 9.13. The van der Waals surface area contributed by atoms with Gasteiger partial charge in [0.15, 0.2) is 0 Å². The number of amides is 1. The van der Waals surface area contributed by atoms with Crippen LogP contribution in [0.5, 0.6) is 0 Å². The van der Waals surface area contributed by atoms with Crippen LogP contribution in [0.3, 0.4) is 0 Å². The molecule has 4 saturated carbocycles.